The van der Waals surface area contributed by atoms with Crippen LogP contribution in [0, 0.1) is 0 Å². The summed E-state index contributed by atoms with van der Waals surface area (Å²) < 4.78 is 5.17. The lowest BCUT2D eigenvalue weighted by atomic mass is 10.2. The molecule has 15 heavy (non-hydrogen) atoms. The molecule has 0 bridgehead atoms. The zero-order valence-corrected chi connectivity index (χ0v) is 10.2. The summed E-state index contributed by atoms with van der Waals surface area (Å²) in [6.45, 7) is 9.30. The third-order valence-electron chi connectivity index (χ3n) is 2.96. The van der Waals surface area contributed by atoms with Crippen LogP contribution in [0.2, 0.25) is 0 Å². The minimum Gasteiger partial charge on any atom is -0.380 e. The lowest BCUT2D eigenvalue weighted by molar-refractivity contribution is -0.138. The van der Waals surface area contributed by atoms with Crippen LogP contribution in [0.3, 0.4) is 0 Å². The Morgan fingerprint density at radius 3 is 2.47 bits per heavy atom. The van der Waals surface area contributed by atoms with Crippen molar-refractivity contribution in [1.29, 1.82) is 0 Å². The lowest BCUT2D eigenvalue weighted by Gasteiger charge is -2.37. The van der Waals surface area contributed by atoms with Crippen molar-refractivity contribution < 1.29 is 9.53 Å². The van der Waals surface area contributed by atoms with Crippen molar-refractivity contribution in [3.63, 3.8) is 0 Å². The van der Waals surface area contributed by atoms with E-state index in [4.69, 9.17) is 4.74 Å². The van der Waals surface area contributed by atoms with Crippen LogP contribution in [0.4, 0.5) is 0 Å². The van der Waals surface area contributed by atoms with E-state index in [2.05, 4.69) is 18.7 Å². The number of piperazine rings is 1. The maximum absolute atomic E-state index is 11.8. The molecule has 0 spiro atoms. The second kappa shape index (κ2) is 5.47. The summed E-state index contributed by atoms with van der Waals surface area (Å²) in [4.78, 5) is 15.9. The first kappa shape index (κ1) is 12.5. The van der Waals surface area contributed by atoms with Crippen LogP contribution in [0.15, 0.2) is 0 Å². The molecule has 0 aromatic carbocycles. The normalized spacial score (nSPS) is 21.1. The molecule has 0 aromatic heterocycles. The van der Waals surface area contributed by atoms with Gasteiger partial charge in [0.05, 0.1) is 12.6 Å². The molecular formula is C11H22N2O2. The maximum atomic E-state index is 11.8. The summed E-state index contributed by atoms with van der Waals surface area (Å²) in [6.07, 6.45) is 0.125. The number of rotatable bonds is 4. The molecule has 4 nitrogen and oxygen atoms in total. The van der Waals surface area contributed by atoms with Gasteiger partial charge in [-0.05, 0) is 20.8 Å². The highest BCUT2D eigenvalue weighted by molar-refractivity contribution is 5.79. The van der Waals surface area contributed by atoms with E-state index in [1.807, 2.05) is 11.8 Å². The van der Waals surface area contributed by atoms with Gasteiger partial charge in [-0.15, -0.1) is 0 Å². The Kier molecular flexibility index (Phi) is 4.54. The molecule has 1 aliphatic heterocycles. The van der Waals surface area contributed by atoms with Gasteiger partial charge in [-0.1, -0.05) is 0 Å². The minimum atomic E-state index is 0.125. The average molecular weight is 214 g/mol. The second-order valence-corrected chi connectivity index (χ2v) is 4.45. The first-order chi connectivity index (χ1) is 7.04. The van der Waals surface area contributed by atoms with Crippen LogP contribution in [-0.4, -0.2) is 61.1 Å². The van der Waals surface area contributed by atoms with E-state index in [1.165, 1.54) is 0 Å². The molecule has 0 N–H and O–H groups in total. The summed E-state index contributed by atoms with van der Waals surface area (Å²) in [5.41, 5.74) is 0. The van der Waals surface area contributed by atoms with Crippen LogP contribution < -0.4 is 0 Å². The lowest BCUT2D eigenvalue weighted by Crippen LogP contribution is -2.53. The SMILES string of the molecule is CO[C@@H](C)CN1CCN(C(C)C)CC1=O. The number of hydrogen-bond acceptors (Lipinski definition) is 3. The summed E-state index contributed by atoms with van der Waals surface area (Å²) in [6, 6.07) is 0.455. The molecule has 4 heteroatoms. The van der Waals surface area contributed by atoms with Crippen molar-refractivity contribution in [1.82, 2.24) is 9.80 Å². The van der Waals surface area contributed by atoms with Gasteiger partial charge >= 0.3 is 0 Å². The highest BCUT2D eigenvalue weighted by atomic mass is 16.5. The van der Waals surface area contributed by atoms with Crippen molar-refractivity contribution in [2.75, 3.05) is 33.3 Å². The molecule has 0 aliphatic carbocycles. The van der Waals surface area contributed by atoms with E-state index in [9.17, 15) is 4.79 Å². The van der Waals surface area contributed by atoms with Crippen molar-refractivity contribution in [2.24, 2.45) is 0 Å². The first-order valence-corrected chi connectivity index (χ1v) is 5.59. The molecule has 1 saturated heterocycles. The van der Waals surface area contributed by atoms with Crippen molar-refractivity contribution >= 4 is 5.91 Å². The molecule has 0 radical (unpaired) electrons. The van der Waals surface area contributed by atoms with Gasteiger partial charge in [0.25, 0.3) is 0 Å². The zero-order chi connectivity index (χ0) is 11.4. The predicted molar refractivity (Wildman–Crippen MR) is 59.8 cm³/mol. The molecule has 0 unspecified atom stereocenters. The molecule has 1 rings (SSSR count). The number of amides is 1. The quantitative estimate of drug-likeness (QED) is 0.686. The number of ether oxygens (including phenoxy) is 1. The van der Waals surface area contributed by atoms with Gasteiger partial charge in [0, 0.05) is 32.8 Å². The molecule has 1 heterocycles. The van der Waals surface area contributed by atoms with Crippen LogP contribution in [0.5, 0.6) is 0 Å². The molecule has 1 aliphatic rings. The molecule has 1 amide bonds. The van der Waals surface area contributed by atoms with Crippen molar-refractivity contribution in [3.8, 4) is 0 Å². The second-order valence-electron chi connectivity index (χ2n) is 4.45. The van der Waals surface area contributed by atoms with Crippen LogP contribution in [-0.2, 0) is 9.53 Å². The maximum Gasteiger partial charge on any atom is 0.236 e. The standard InChI is InChI=1S/C11H22N2O2/c1-9(2)12-5-6-13(11(14)8-12)7-10(3)15-4/h9-10H,5-8H2,1-4H3/t10-/m0/s1. The number of carbonyl (C=O) groups excluding carboxylic acids is 1. The summed E-state index contributed by atoms with van der Waals surface area (Å²) >= 11 is 0. The van der Waals surface area contributed by atoms with Gasteiger partial charge in [-0.2, -0.15) is 0 Å². The van der Waals surface area contributed by atoms with E-state index < -0.39 is 0 Å². The van der Waals surface area contributed by atoms with E-state index >= 15 is 0 Å². The van der Waals surface area contributed by atoms with Gasteiger partial charge < -0.3 is 9.64 Å². The molecule has 88 valence electrons. The topological polar surface area (TPSA) is 32.8 Å². The first-order valence-electron chi connectivity index (χ1n) is 5.59. The Hall–Kier alpha value is -0.610. The van der Waals surface area contributed by atoms with E-state index in [0.717, 1.165) is 13.1 Å². The molecule has 1 atom stereocenters. The summed E-state index contributed by atoms with van der Waals surface area (Å²) in [5.74, 6) is 0.221. The zero-order valence-electron chi connectivity index (χ0n) is 10.2. The largest absolute Gasteiger partial charge is 0.380 e. The van der Waals surface area contributed by atoms with Gasteiger partial charge in [-0.25, -0.2) is 0 Å². The van der Waals surface area contributed by atoms with Gasteiger partial charge in [0.2, 0.25) is 5.91 Å². The highest BCUT2D eigenvalue weighted by Gasteiger charge is 2.25. The van der Waals surface area contributed by atoms with Gasteiger partial charge in [0.1, 0.15) is 0 Å². The fraction of sp³-hybridized carbons (Fsp3) is 0.909. The number of carbonyl (C=O) groups is 1. The van der Waals surface area contributed by atoms with Crippen LogP contribution in [0.1, 0.15) is 20.8 Å². The summed E-state index contributed by atoms with van der Waals surface area (Å²) in [7, 11) is 1.68. The molecular weight excluding hydrogens is 192 g/mol. The summed E-state index contributed by atoms with van der Waals surface area (Å²) in [5, 5.41) is 0. The van der Waals surface area contributed by atoms with Crippen LogP contribution in [0.25, 0.3) is 0 Å². The monoisotopic (exact) mass is 214 g/mol. The Balaban J connectivity index is 2.42. The predicted octanol–water partition coefficient (Wildman–Crippen LogP) is 0.574. The van der Waals surface area contributed by atoms with E-state index in [-0.39, 0.29) is 12.0 Å². The Labute approximate surface area is 92.2 Å². The van der Waals surface area contributed by atoms with E-state index in [0.29, 0.717) is 19.1 Å². The fourth-order valence-electron chi connectivity index (χ4n) is 1.75. The van der Waals surface area contributed by atoms with Crippen molar-refractivity contribution in [2.45, 2.75) is 32.9 Å². The minimum absolute atomic E-state index is 0.125. The third kappa shape index (κ3) is 3.47. The van der Waals surface area contributed by atoms with Gasteiger partial charge in [0.15, 0.2) is 0 Å². The number of hydrogen-bond donors (Lipinski definition) is 0. The Bertz CT molecular complexity index is 219. The molecule has 0 saturated carbocycles. The number of methoxy groups -OCH3 is 1. The van der Waals surface area contributed by atoms with Crippen molar-refractivity contribution in [3.05, 3.63) is 0 Å². The smallest absolute Gasteiger partial charge is 0.236 e. The Morgan fingerprint density at radius 1 is 1.33 bits per heavy atom. The average Bonchev–Trinajstić information content (AvgIpc) is 2.20. The van der Waals surface area contributed by atoms with Gasteiger partial charge in [-0.3, -0.25) is 9.69 Å². The number of nitrogens with zero attached hydrogens (tertiary/aromatic N) is 2. The Morgan fingerprint density at radius 2 is 2.00 bits per heavy atom. The highest BCUT2D eigenvalue weighted by Crippen LogP contribution is 2.08. The molecule has 1 fully saturated rings. The fourth-order valence-corrected chi connectivity index (χ4v) is 1.75. The third-order valence-corrected chi connectivity index (χ3v) is 2.96. The van der Waals surface area contributed by atoms with E-state index in [1.54, 1.807) is 7.11 Å². The molecule has 0 aromatic rings. The van der Waals surface area contributed by atoms with Crippen LogP contribution >= 0.6 is 0 Å².